The van der Waals surface area contributed by atoms with Crippen LogP contribution in [0.3, 0.4) is 0 Å². The third-order valence-electron chi connectivity index (χ3n) is 3.44. The van der Waals surface area contributed by atoms with Crippen molar-refractivity contribution in [1.29, 1.82) is 5.26 Å². The first-order chi connectivity index (χ1) is 9.07. The number of hydrogen-bond acceptors (Lipinski definition) is 3. The van der Waals surface area contributed by atoms with Gasteiger partial charge in [-0.25, -0.2) is 0 Å². The number of hydrogen-bond donors (Lipinski definition) is 1. The summed E-state index contributed by atoms with van der Waals surface area (Å²) in [4.78, 5) is 12.4. The molecular weight excluding hydrogens is 264 g/mol. The van der Waals surface area contributed by atoms with Crippen LogP contribution in [0.15, 0.2) is 18.2 Å². The summed E-state index contributed by atoms with van der Waals surface area (Å²) in [5, 5.41) is 12.7. The number of nitrogens with one attached hydrogen (secondary N) is 1. The van der Waals surface area contributed by atoms with E-state index in [2.05, 4.69) is 11.4 Å². The molecule has 2 rings (SSSR count). The Bertz CT molecular complexity index is 531. The standard InChI is InChI=1S/C14H15ClN2O2/c1-10-2-3-11(15)8-12(10)17-13(18)14(9-16)4-6-19-7-5-14/h2-3,8H,4-7H2,1H3,(H,17,18). The van der Waals surface area contributed by atoms with E-state index in [4.69, 9.17) is 16.3 Å². The predicted octanol–water partition coefficient (Wildman–Crippen LogP) is 2.91. The SMILES string of the molecule is Cc1ccc(Cl)cc1NC(=O)C1(C#N)CCOCC1. The first-order valence-electron chi connectivity index (χ1n) is 6.14. The Morgan fingerprint density at radius 2 is 2.16 bits per heavy atom. The number of ether oxygens (including phenoxy) is 1. The van der Waals surface area contributed by atoms with Gasteiger partial charge in [0.1, 0.15) is 5.41 Å². The second-order valence-electron chi connectivity index (χ2n) is 4.72. The summed E-state index contributed by atoms with van der Waals surface area (Å²) in [6.45, 7) is 2.76. The van der Waals surface area contributed by atoms with E-state index in [1.165, 1.54) is 0 Å². The number of rotatable bonds is 2. The number of amides is 1. The lowest BCUT2D eigenvalue weighted by atomic mass is 9.81. The molecule has 1 aromatic rings. The molecule has 1 aliphatic heterocycles. The van der Waals surface area contributed by atoms with Crippen molar-refractivity contribution in [2.45, 2.75) is 19.8 Å². The summed E-state index contributed by atoms with van der Waals surface area (Å²) >= 11 is 5.92. The Labute approximate surface area is 117 Å². The minimum absolute atomic E-state index is 0.274. The van der Waals surface area contributed by atoms with Crippen molar-refractivity contribution in [2.24, 2.45) is 5.41 Å². The number of halogens is 1. The highest BCUT2D eigenvalue weighted by Gasteiger charge is 2.40. The molecule has 4 nitrogen and oxygen atoms in total. The van der Waals surface area contributed by atoms with E-state index in [1.54, 1.807) is 12.1 Å². The van der Waals surface area contributed by atoms with Gasteiger partial charge in [0.25, 0.3) is 0 Å². The van der Waals surface area contributed by atoms with Gasteiger partial charge in [-0.15, -0.1) is 0 Å². The number of aryl methyl sites for hydroxylation is 1. The van der Waals surface area contributed by atoms with Gasteiger partial charge >= 0.3 is 0 Å². The number of nitriles is 1. The molecule has 1 heterocycles. The summed E-state index contributed by atoms with van der Waals surface area (Å²) in [7, 11) is 0. The van der Waals surface area contributed by atoms with Crippen LogP contribution in [-0.4, -0.2) is 19.1 Å². The number of carbonyl (C=O) groups is 1. The van der Waals surface area contributed by atoms with E-state index in [0.717, 1.165) is 5.56 Å². The van der Waals surface area contributed by atoms with E-state index in [0.29, 0.717) is 36.8 Å². The van der Waals surface area contributed by atoms with E-state index in [1.807, 2.05) is 13.0 Å². The monoisotopic (exact) mass is 278 g/mol. The molecule has 0 bridgehead atoms. The highest BCUT2D eigenvalue weighted by Crippen LogP contribution is 2.32. The second-order valence-corrected chi connectivity index (χ2v) is 5.16. The first-order valence-corrected chi connectivity index (χ1v) is 6.52. The van der Waals surface area contributed by atoms with Crippen LogP contribution in [0.5, 0.6) is 0 Å². The van der Waals surface area contributed by atoms with Gasteiger partial charge in [0, 0.05) is 23.9 Å². The van der Waals surface area contributed by atoms with Gasteiger partial charge in [-0.05, 0) is 37.5 Å². The summed E-state index contributed by atoms with van der Waals surface area (Å²) in [6.07, 6.45) is 0.851. The minimum Gasteiger partial charge on any atom is -0.381 e. The van der Waals surface area contributed by atoms with Crippen LogP contribution in [0.1, 0.15) is 18.4 Å². The third-order valence-corrected chi connectivity index (χ3v) is 3.68. The highest BCUT2D eigenvalue weighted by molar-refractivity contribution is 6.31. The van der Waals surface area contributed by atoms with Crippen LogP contribution < -0.4 is 5.32 Å². The van der Waals surface area contributed by atoms with Crippen molar-refractivity contribution in [3.63, 3.8) is 0 Å². The van der Waals surface area contributed by atoms with Gasteiger partial charge in [0.15, 0.2) is 0 Å². The molecule has 1 aromatic carbocycles. The molecule has 100 valence electrons. The number of nitrogens with zero attached hydrogens (tertiary/aromatic N) is 1. The summed E-state index contributed by atoms with van der Waals surface area (Å²) in [5.41, 5.74) is 0.573. The average molecular weight is 279 g/mol. The number of anilines is 1. The van der Waals surface area contributed by atoms with Gasteiger partial charge in [0.2, 0.25) is 5.91 Å². The molecule has 19 heavy (non-hydrogen) atoms. The fourth-order valence-electron chi connectivity index (χ4n) is 2.08. The van der Waals surface area contributed by atoms with Crippen molar-refractivity contribution < 1.29 is 9.53 Å². The van der Waals surface area contributed by atoms with Crippen LogP contribution in [0.25, 0.3) is 0 Å². The lowest BCUT2D eigenvalue weighted by Crippen LogP contribution is -2.40. The molecule has 1 fully saturated rings. The molecular formula is C14H15ClN2O2. The maximum atomic E-state index is 12.4. The average Bonchev–Trinajstić information content (AvgIpc) is 2.43. The van der Waals surface area contributed by atoms with E-state index < -0.39 is 5.41 Å². The van der Waals surface area contributed by atoms with Crippen LogP contribution in [0.4, 0.5) is 5.69 Å². The quantitative estimate of drug-likeness (QED) is 0.905. The molecule has 1 N–H and O–H groups in total. The Morgan fingerprint density at radius 3 is 2.79 bits per heavy atom. The van der Waals surface area contributed by atoms with Crippen LogP contribution in [0.2, 0.25) is 5.02 Å². The Balaban J connectivity index is 2.20. The lowest BCUT2D eigenvalue weighted by Gasteiger charge is -2.29. The van der Waals surface area contributed by atoms with Crippen molar-refractivity contribution in [1.82, 2.24) is 0 Å². The zero-order chi connectivity index (χ0) is 13.9. The van der Waals surface area contributed by atoms with Crippen molar-refractivity contribution in [2.75, 3.05) is 18.5 Å². The zero-order valence-electron chi connectivity index (χ0n) is 10.7. The molecule has 1 aliphatic rings. The van der Waals surface area contributed by atoms with Crippen LogP contribution in [-0.2, 0) is 9.53 Å². The summed E-state index contributed by atoms with van der Waals surface area (Å²) in [5.74, 6) is -0.274. The summed E-state index contributed by atoms with van der Waals surface area (Å²) < 4.78 is 5.22. The highest BCUT2D eigenvalue weighted by atomic mass is 35.5. The number of benzene rings is 1. The fourth-order valence-corrected chi connectivity index (χ4v) is 2.25. The maximum Gasteiger partial charge on any atom is 0.245 e. The Morgan fingerprint density at radius 1 is 1.47 bits per heavy atom. The maximum absolute atomic E-state index is 12.4. The van der Waals surface area contributed by atoms with E-state index in [-0.39, 0.29) is 5.91 Å². The van der Waals surface area contributed by atoms with Crippen LogP contribution in [0, 0.1) is 23.7 Å². The van der Waals surface area contributed by atoms with Crippen LogP contribution >= 0.6 is 11.6 Å². The van der Waals surface area contributed by atoms with Gasteiger partial charge in [0.05, 0.1) is 6.07 Å². The summed E-state index contributed by atoms with van der Waals surface area (Å²) in [6, 6.07) is 7.44. The minimum atomic E-state index is -0.993. The Kier molecular flexibility index (Phi) is 4.08. The largest absolute Gasteiger partial charge is 0.381 e. The van der Waals surface area contributed by atoms with Gasteiger partial charge in [-0.3, -0.25) is 4.79 Å². The second kappa shape index (κ2) is 5.60. The molecule has 1 amide bonds. The van der Waals surface area contributed by atoms with Gasteiger partial charge in [-0.1, -0.05) is 17.7 Å². The topological polar surface area (TPSA) is 62.1 Å². The smallest absolute Gasteiger partial charge is 0.245 e. The first kappa shape index (κ1) is 13.9. The Hall–Kier alpha value is -1.57. The van der Waals surface area contributed by atoms with Gasteiger partial charge < -0.3 is 10.1 Å². The zero-order valence-corrected chi connectivity index (χ0v) is 11.5. The van der Waals surface area contributed by atoms with Crippen molar-refractivity contribution in [3.8, 4) is 6.07 Å². The number of carbonyl (C=O) groups excluding carboxylic acids is 1. The molecule has 0 aliphatic carbocycles. The normalized spacial score (nSPS) is 17.5. The molecule has 0 radical (unpaired) electrons. The molecule has 0 unspecified atom stereocenters. The molecule has 0 atom stereocenters. The molecule has 0 saturated carbocycles. The molecule has 1 saturated heterocycles. The fraction of sp³-hybridized carbons (Fsp3) is 0.429. The van der Waals surface area contributed by atoms with E-state index in [9.17, 15) is 10.1 Å². The van der Waals surface area contributed by atoms with Crippen molar-refractivity contribution in [3.05, 3.63) is 28.8 Å². The van der Waals surface area contributed by atoms with Crippen molar-refractivity contribution >= 4 is 23.2 Å². The lowest BCUT2D eigenvalue weighted by molar-refractivity contribution is -0.126. The predicted molar refractivity (Wildman–Crippen MR) is 72.9 cm³/mol. The molecule has 0 spiro atoms. The molecule has 5 heteroatoms. The molecule has 0 aromatic heterocycles. The third kappa shape index (κ3) is 2.89. The van der Waals surface area contributed by atoms with Gasteiger partial charge in [-0.2, -0.15) is 5.26 Å². The van der Waals surface area contributed by atoms with E-state index >= 15 is 0 Å².